The van der Waals surface area contributed by atoms with Crippen LogP contribution in [0.1, 0.15) is 28.3 Å². The van der Waals surface area contributed by atoms with Gasteiger partial charge in [-0.05, 0) is 83.0 Å². The van der Waals surface area contributed by atoms with Crippen LogP contribution in [0.15, 0.2) is 133 Å². The molecule has 9 rings (SSSR count). The number of hydrogen-bond acceptors (Lipinski definition) is 4. The predicted octanol–water partition coefficient (Wildman–Crippen LogP) is 9.75. The van der Waals surface area contributed by atoms with Crippen molar-refractivity contribution >= 4 is 63.5 Å². The molecule has 0 amide bonds. The topological polar surface area (TPSA) is 91.5 Å². The number of aromatic amines is 2. The van der Waals surface area contributed by atoms with E-state index in [1.807, 2.05) is 78.9 Å². The average molecular weight is 645 g/mol. The average Bonchev–Trinajstić information content (AvgIpc) is 3.99. The minimum absolute atomic E-state index is 0.538. The summed E-state index contributed by atoms with van der Waals surface area (Å²) in [4.78, 5) is 42.8. The van der Waals surface area contributed by atoms with Gasteiger partial charge in [-0.1, -0.05) is 97.1 Å². The first-order valence-electron chi connectivity index (χ1n) is 16.4. The molecule has 50 heavy (non-hydrogen) atoms. The van der Waals surface area contributed by atoms with E-state index in [-0.39, 0.29) is 0 Å². The number of aromatic nitrogens is 4. The van der Waals surface area contributed by atoms with E-state index < -0.39 is 11.6 Å². The molecular formula is C44H28N4O2. The Kier molecular flexibility index (Phi) is 6.99. The predicted molar refractivity (Wildman–Crippen MR) is 202 cm³/mol. The van der Waals surface area contributed by atoms with Crippen LogP contribution in [0, 0.1) is 0 Å². The molecule has 8 bridgehead atoms. The second kappa shape index (κ2) is 12.0. The fourth-order valence-corrected chi connectivity index (χ4v) is 6.90. The zero-order valence-electron chi connectivity index (χ0n) is 26.7. The van der Waals surface area contributed by atoms with Crippen LogP contribution in [0.2, 0.25) is 0 Å². The summed E-state index contributed by atoms with van der Waals surface area (Å²) in [5.74, 6) is -1.09. The summed E-state index contributed by atoms with van der Waals surface area (Å²) in [6.07, 6.45) is 12.7. The van der Waals surface area contributed by atoms with Gasteiger partial charge in [-0.15, -0.1) is 0 Å². The highest BCUT2D eigenvalue weighted by molar-refractivity contribution is 6.48. The first kappa shape index (κ1) is 29.2. The van der Waals surface area contributed by atoms with Crippen LogP contribution in [-0.2, 0) is 9.59 Å². The molecule has 3 aliphatic rings. The molecule has 0 spiro atoms. The van der Waals surface area contributed by atoms with Crippen LogP contribution in [0.3, 0.4) is 0 Å². The Morgan fingerprint density at radius 1 is 0.360 bits per heavy atom. The molecule has 0 atom stereocenters. The van der Waals surface area contributed by atoms with E-state index in [0.29, 0.717) is 5.57 Å². The quantitative estimate of drug-likeness (QED) is 0.147. The molecular weight excluding hydrogens is 617 g/mol. The molecule has 3 aromatic carbocycles. The van der Waals surface area contributed by atoms with E-state index in [0.717, 1.165) is 83.8 Å². The van der Waals surface area contributed by atoms with Gasteiger partial charge in [0.1, 0.15) is 0 Å². The zero-order valence-corrected chi connectivity index (χ0v) is 26.7. The lowest BCUT2D eigenvalue weighted by atomic mass is 9.98. The lowest BCUT2D eigenvalue weighted by Gasteiger charge is -2.08. The molecule has 0 unspecified atom stereocenters. The van der Waals surface area contributed by atoms with E-state index in [4.69, 9.17) is 9.97 Å². The molecule has 1 aliphatic carbocycles. The minimum atomic E-state index is -0.554. The van der Waals surface area contributed by atoms with Gasteiger partial charge in [0.15, 0.2) is 0 Å². The Bertz CT molecular complexity index is 2520. The highest BCUT2D eigenvalue weighted by Gasteiger charge is 2.21. The van der Waals surface area contributed by atoms with E-state index in [9.17, 15) is 9.59 Å². The molecule has 0 saturated carbocycles. The number of nitrogens with one attached hydrogen (secondary N) is 2. The van der Waals surface area contributed by atoms with Gasteiger partial charge in [-0.3, -0.25) is 9.59 Å². The van der Waals surface area contributed by atoms with Gasteiger partial charge >= 0.3 is 0 Å². The Morgan fingerprint density at radius 3 is 1.16 bits per heavy atom. The number of allylic oxidation sites excluding steroid dienone is 4. The van der Waals surface area contributed by atoms with E-state index in [1.165, 1.54) is 12.2 Å². The Morgan fingerprint density at radius 2 is 0.740 bits per heavy atom. The first-order chi connectivity index (χ1) is 24.6. The van der Waals surface area contributed by atoms with Crippen molar-refractivity contribution in [1.82, 2.24) is 19.9 Å². The van der Waals surface area contributed by atoms with Gasteiger partial charge in [0.2, 0.25) is 11.6 Å². The molecule has 6 aromatic rings. The number of rotatable bonds is 4. The van der Waals surface area contributed by atoms with Crippen LogP contribution >= 0.6 is 0 Å². The number of nitrogens with zero attached hydrogens (tertiary/aromatic N) is 2. The van der Waals surface area contributed by atoms with Crippen LogP contribution in [0.25, 0.3) is 85.3 Å². The number of benzene rings is 3. The number of fused-ring (bicyclic) bond motifs is 8. The third-order valence-electron chi connectivity index (χ3n) is 9.17. The highest BCUT2D eigenvalue weighted by Crippen LogP contribution is 2.38. The summed E-state index contributed by atoms with van der Waals surface area (Å²) in [6, 6.07) is 38.8. The third kappa shape index (κ3) is 5.07. The number of carbonyl (C=O) groups is 2. The van der Waals surface area contributed by atoms with Gasteiger partial charge in [0, 0.05) is 44.3 Å². The monoisotopic (exact) mass is 644 g/mol. The molecule has 2 aliphatic heterocycles. The Hall–Kier alpha value is -6.92. The van der Waals surface area contributed by atoms with Gasteiger partial charge < -0.3 is 9.97 Å². The standard InChI is InChI=1S/C44H28N4O2/c49-39-25-16-30(26-40(39)50)44-37-23-21-35(47-37)42(28-12-6-2-7-13-28)33-19-17-31(45-33)41(27-10-4-1-5-11-27)32-18-20-34(46-32)43(29-14-8-3-9-15-29)36-22-24-38(44)48-36/h1-26,47-48H. The van der Waals surface area contributed by atoms with E-state index in [1.54, 1.807) is 6.08 Å². The SMILES string of the molecule is O=C1C=CC(c2c3ccc([nH]3)c(-c3ccccc3)c3nc(c(-c4ccccc4)c4nc(c(-c5ccccc5)c5ccc2[nH]5)C=C4)C=C3)=CC1=O. The lowest BCUT2D eigenvalue weighted by Crippen LogP contribution is -2.11. The van der Waals surface area contributed by atoms with Crippen molar-refractivity contribution in [3.8, 4) is 33.4 Å². The summed E-state index contributed by atoms with van der Waals surface area (Å²) in [6.45, 7) is 0. The fourth-order valence-electron chi connectivity index (χ4n) is 6.90. The molecule has 0 radical (unpaired) electrons. The molecule has 6 nitrogen and oxygen atoms in total. The number of H-pyrrole nitrogens is 2. The summed E-state index contributed by atoms with van der Waals surface area (Å²) >= 11 is 0. The molecule has 6 heteroatoms. The smallest absolute Gasteiger partial charge is 0.226 e. The molecule has 0 saturated heterocycles. The van der Waals surface area contributed by atoms with Crippen molar-refractivity contribution in [3.63, 3.8) is 0 Å². The normalized spacial score (nSPS) is 13.6. The van der Waals surface area contributed by atoms with Crippen molar-refractivity contribution in [2.45, 2.75) is 0 Å². The summed E-state index contributed by atoms with van der Waals surface area (Å²) in [5, 5.41) is 0. The van der Waals surface area contributed by atoms with Crippen molar-refractivity contribution in [3.05, 3.63) is 162 Å². The molecule has 3 aromatic heterocycles. The fraction of sp³-hybridized carbons (Fsp3) is 0. The van der Waals surface area contributed by atoms with Crippen molar-refractivity contribution in [1.29, 1.82) is 0 Å². The number of hydrogen-bond donors (Lipinski definition) is 2. The highest BCUT2D eigenvalue weighted by atomic mass is 16.2. The maximum absolute atomic E-state index is 12.7. The maximum atomic E-state index is 12.7. The van der Waals surface area contributed by atoms with Crippen LogP contribution < -0.4 is 0 Å². The number of carbonyl (C=O) groups excluding carboxylic acids is 2. The van der Waals surface area contributed by atoms with Gasteiger partial charge in [0.25, 0.3) is 0 Å². The van der Waals surface area contributed by atoms with Gasteiger partial charge in [-0.25, -0.2) is 9.97 Å². The molecule has 2 N–H and O–H groups in total. The van der Waals surface area contributed by atoms with Crippen LogP contribution in [0.5, 0.6) is 0 Å². The maximum Gasteiger partial charge on any atom is 0.226 e. The Balaban J connectivity index is 1.47. The summed E-state index contributed by atoms with van der Waals surface area (Å²) in [7, 11) is 0. The van der Waals surface area contributed by atoms with Gasteiger partial charge in [0.05, 0.1) is 22.8 Å². The molecule has 5 heterocycles. The third-order valence-corrected chi connectivity index (χ3v) is 9.17. The first-order valence-corrected chi connectivity index (χ1v) is 16.4. The largest absolute Gasteiger partial charge is 0.354 e. The van der Waals surface area contributed by atoms with E-state index in [2.05, 4.69) is 70.7 Å². The molecule has 236 valence electrons. The van der Waals surface area contributed by atoms with Crippen molar-refractivity contribution in [2.75, 3.05) is 0 Å². The summed E-state index contributed by atoms with van der Waals surface area (Å²) in [5.41, 5.74) is 13.8. The van der Waals surface area contributed by atoms with Gasteiger partial charge in [-0.2, -0.15) is 0 Å². The second-order valence-corrected chi connectivity index (χ2v) is 12.3. The van der Waals surface area contributed by atoms with E-state index >= 15 is 0 Å². The second-order valence-electron chi connectivity index (χ2n) is 12.3. The summed E-state index contributed by atoms with van der Waals surface area (Å²) < 4.78 is 0. The number of ketones is 2. The van der Waals surface area contributed by atoms with Crippen molar-refractivity contribution < 1.29 is 9.59 Å². The lowest BCUT2D eigenvalue weighted by molar-refractivity contribution is -0.131. The Labute approximate surface area is 287 Å². The molecule has 0 fully saturated rings. The van der Waals surface area contributed by atoms with Crippen LogP contribution in [0.4, 0.5) is 0 Å². The zero-order chi connectivity index (χ0) is 33.6. The van der Waals surface area contributed by atoms with Crippen molar-refractivity contribution in [2.24, 2.45) is 0 Å². The minimum Gasteiger partial charge on any atom is -0.354 e. The van der Waals surface area contributed by atoms with Crippen LogP contribution in [-0.4, -0.2) is 31.5 Å².